The predicted octanol–water partition coefficient (Wildman–Crippen LogP) is 1.58. The maximum absolute atomic E-state index is 12.0. The van der Waals surface area contributed by atoms with Crippen LogP contribution in [0.3, 0.4) is 0 Å². The fourth-order valence-electron chi connectivity index (χ4n) is 2.56. The molecule has 0 bridgehead atoms. The zero-order chi connectivity index (χ0) is 14.8. The standard InChI is InChI=1S/C15H17N3O3.ClH/c1-10(19)17-12-9-11-3-2-4-13(14(11)21-15(12)20)18-7-5-16-6-8-18;/h2-4,9,16H,5-8H2,1H3,(H,17,19);1H. The van der Waals surface area contributed by atoms with Crippen LogP contribution in [0.15, 0.2) is 33.5 Å². The van der Waals surface area contributed by atoms with E-state index in [1.807, 2.05) is 18.2 Å². The van der Waals surface area contributed by atoms with E-state index in [4.69, 9.17) is 4.42 Å². The van der Waals surface area contributed by atoms with E-state index in [2.05, 4.69) is 15.5 Å². The number of nitrogens with one attached hydrogen (secondary N) is 2. The normalized spacial score (nSPS) is 14.5. The first kappa shape index (κ1) is 16.3. The number of fused-ring (bicyclic) bond motifs is 1. The fourth-order valence-corrected chi connectivity index (χ4v) is 2.56. The van der Waals surface area contributed by atoms with Gasteiger partial charge in [-0.1, -0.05) is 12.1 Å². The second-order valence-corrected chi connectivity index (χ2v) is 5.06. The highest BCUT2D eigenvalue weighted by atomic mass is 35.5. The maximum Gasteiger partial charge on any atom is 0.360 e. The van der Waals surface area contributed by atoms with E-state index in [1.165, 1.54) is 6.92 Å². The van der Waals surface area contributed by atoms with Gasteiger partial charge in [-0.3, -0.25) is 4.79 Å². The van der Waals surface area contributed by atoms with Crippen molar-refractivity contribution in [2.75, 3.05) is 36.4 Å². The third-order valence-corrected chi connectivity index (χ3v) is 3.51. The number of amides is 1. The summed E-state index contributed by atoms with van der Waals surface area (Å²) in [5, 5.41) is 6.59. The summed E-state index contributed by atoms with van der Waals surface area (Å²) < 4.78 is 5.45. The average molecular weight is 324 g/mol. The van der Waals surface area contributed by atoms with Crippen molar-refractivity contribution in [3.05, 3.63) is 34.7 Å². The highest BCUT2D eigenvalue weighted by Gasteiger charge is 2.16. The Bertz CT molecular complexity index is 738. The van der Waals surface area contributed by atoms with Crippen LogP contribution in [0.2, 0.25) is 0 Å². The number of rotatable bonds is 2. The summed E-state index contributed by atoms with van der Waals surface area (Å²) in [6, 6.07) is 7.41. The summed E-state index contributed by atoms with van der Waals surface area (Å²) in [6.07, 6.45) is 0. The molecule has 0 radical (unpaired) electrons. The molecule has 2 N–H and O–H groups in total. The van der Waals surface area contributed by atoms with Crippen LogP contribution in [0.4, 0.5) is 11.4 Å². The van der Waals surface area contributed by atoms with Gasteiger partial charge < -0.3 is 20.0 Å². The molecule has 0 unspecified atom stereocenters. The van der Waals surface area contributed by atoms with Gasteiger partial charge in [-0.25, -0.2) is 4.79 Å². The number of para-hydroxylation sites is 1. The van der Waals surface area contributed by atoms with Crippen molar-refractivity contribution < 1.29 is 9.21 Å². The molecule has 1 saturated heterocycles. The van der Waals surface area contributed by atoms with Crippen molar-refractivity contribution in [2.24, 2.45) is 0 Å². The van der Waals surface area contributed by atoms with Crippen LogP contribution in [0.1, 0.15) is 6.92 Å². The summed E-state index contributed by atoms with van der Waals surface area (Å²) in [4.78, 5) is 25.3. The van der Waals surface area contributed by atoms with E-state index in [0.29, 0.717) is 5.58 Å². The second kappa shape index (κ2) is 6.81. The van der Waals surface area contributed by atoms with Gasteiger partial charge in [0.2, 0.25) is 5.91 Å². The van der Waals surface area contributed by atoms with Gasteiger partial charge in [0.15, 0.2) is 5.58 Å². The van der Waals surface area contributed by atoms with Crippen LogP contribution < -0.4 is 21.2 Å². The summed E-state index contributed by atoms with van der Waals surface area (Å²) in [5.41, 5.74) is 1.13. The Hall–Kier alpha value is -2.05. The Labute approximate surface area is 133 Å². The third kappa shape index (κ3) is 3.23. The van der Waals surface area contributed by atoms with Crippen LogP contribution in [0.25, 0.3) is 11.0 Å². The minimum atomic E-state index is -0.528. The topological polar surface area (TPSA) is 74.6 Å². The molecule has 2 heterocycles. The summed E-state index contributed by atoms with van der Waals surface area (Å²) in [5.74, 6) is -0.292. The molecule has 1 aromatic carbocycles. The van der Waals surface area contributed by atoms with Crippen molar-refractivity contribution >= 4 is 40.7 Å². The van der Waals surface area contributed by atoms with Crippen molar-refractivity contribution in [3.8, 4) is 0 Å². The minimum absolute atomic E-state index is 0. The van der Waals surface area contributed by atoms with Gasteiger partial charge in [0.05, 0.1) is 5.69 Å². The smallest absolute Gasteiger partial charge is 0.360 e. The van der Waals surface area contributed by atoms with E-state index >= 15 is 0 Å². The number of hydrogen-bond donors (Lipinski definition) is 2. The Morgan fingerprint density at radius 2 is 2.05 bits per heavy atom. The first-order valence-corrected chi connectivity index (χ1v) is 6.95. The fraction of sp³-hybridized carbons (Fsp3) is 0.333. The van der Waals surface area contributed by atoms with E-state index in [1.54, 1.807) is 6.07 Å². The quantitative estimate of drug-likeness (QED) is 0.821. The first-order valence-electron chi connectivity index (χ1n) is 6.95. The van der Waals surface area contributed by atoms with Gasteiger partial charge in [-0.05, 0) is 12.1 Å². The SMILES string of the molecule is CC(=O)Nc1cc2cccc(N3CCNCC3)c2oc1=O.Cl. The molecule has 1 aliphatic heterocycles. The van der Waals surface area contributed by atoms with E-state index in [-0.39, 0.29) is 24.0 Å². The van der Waals surface area contributed by atoms with Gasteiger partial charge >= 0.3 is 5.63 Å². The molecule has 1 fully saturated rings. The van der Waals surface area contributed by atoms with Gasteiger partial charge in [0.25, 0.3) is 0 Å². The summed E-state index contributed by atoms with van der Waals surface area (Å²) >= 11 is 0. The molecule has 6 nitrogen and oxygen atoms in total. The molecule has 7 heteroatoms. The van der Waals surface area contributed by atoms with Crippen LogP contribution in [0.5, 0.6) is 0 Å². The van der Waals surface area contributed by atoms with Crippen molar-refractivity contribution in [2.45, 2.75) is 6.92 Å². The number of hydrogen-bond acceptors (Lipinski definition) is 5. The zero-order valence-electron chi connectivity index (χ0n) is 12.2. The van der Waals surface area contributed by atoms with E-state index in [9.17, 15) is 9.59 Å². The van der Waals surface area contributed by atoms with Crippen LogP contribution in [-0.4, -0.2) is 32.1 Å². The summed E-state index contributed by atoms with van der Waals surface area (Å²) in [7, 11) is 0. The number of nitrogens with zero attached hydrogens (tertiary/aromatic N) is 1. The summed E-state index contributed by atoms with van der Waals surface area (Å²) in [6.45, 7) is 4.92. The highest BCUT2D eigenvalue weighted by Crippen LogP contribution is 2.27. The lowest BCUT2D eigenvalue weighted by Crippen LogP contribution is -2.43. The molecule has 118 valence electrons. The molecule has 3 rings (SSSR count). The minimum Gasteiger partial charge on any atom is -0.419 e. The van der Waals surface area contributed by atoms with Gasteiger partial charge in [-0.15, -0.1) is 12.4 Å². The molecule has 0 aliphatic carbocycles. The molecule has 0 spiro atoms. The Balaban J connectivity index is 0.00000176. The van der Waals surface area contributed by atoms with Crippen LogP contribution >= 0.6 is 12.4 Å². The number of anilines is 2. The molecule has 2 aromatic rings. The largest absolute Gasteiger partial charge is 0.419 e. The highest BCUT2D eigenvalue weighted by molar-refractivity contribution is 5.94. The van der Waals surface area contributed by atoms with Crippen molar-refractivity contribution in [3.63, 3.8) is 0 Å². The number of piperazine rings is 1. The second-order valence-electron chi connectivity index (χ2n) is 5.06. The maximum atomic E-state index is 12.0. The lowest BCUT2D eigenvalue weighted by molar-refractivity contribution is -0.114. The van der Waals surface area contributed by atoms with Crippen molar-refractivity contribution in [1.29, 1.82) is 0 Å². The van der Waals surface area contributed by atoms with Gasteiger partial charge in [0.1, 0.15) is 5.69 Å². The lowest BCUT2D eigenvalue weighted by atomic mass is 10.1. The molecule has 1 aromatic heterocycles. The van der Waals surface area contributed by atoms with Crippen LogP contribution in [-0.2, 0) is 4.79 Å². The lowest BCUT2D eigenvalue weighted by Gasteiger charge is -2.29. The molecular formula is C15H18ClN3O3. The zero-order valence-corrected chi connectivity index (χ0v) is 13.0. The Morgan fingerprint density at radius 1 is 1.32 bits per heavy atom. The van der Waals surface area contributed by atoms with Crippen molar-refractivity contribution in [1.82, 2.24) is 5.32 Å². The van der Waals surface area contributed by atoms with E-state index < -0.39 is 5.63 Å². The van der Waals surface area contributed by atoms with E-state index in [0.717, 1.165) is 37.3 Å². The molecule has 1 amide bonds. The molecule has 0 atom stereocenters. The Morgan fingerprint density at radius 3 is 2.73 bits per heavy atom. The molecular weight excluding hydrogens is 306 g/mol. The first-order chi connectivity index (χ1) is 10.1. The third-order valence-electron chi connectivity index (χ3n) is 3.51. The predicted molar refractivity (Wildman–Crippen MR) is 89.1 cm³/mol. The molecule has 1 aliphatic rings. The van der Waals surface area contributed by atoms with Crippen LogP contribution in [0, 0.1) is 0 Å². The molecule has 22 heavy (non-hydrogen) atoms. The van der Waals surface area contributed by atoms with Gasteiger partial charge in [-0.2, -0.15) is 0 Å². The average Bonchev–Trinajstić information content (AvgIpc) is 2.48. The number of halogens is 1. The number of benzene rings is 1. The number of carbonyl (C=O) groups is 1. The number of carbonyl (C=O) groups excluding carboxylic acids is 1. The monoisotopic (exact) mass is 323 g/mol. The molecule has 0 saturated carbocycles. The van der Waals surface area contributed by atoms with Gasteiger partial charge in [0, 0.05) is 38.5 Å². The Kier molecular flexibility index (Phi) is 5.05.